The van der Waals surface area contributed by atoms with Crippen LogP contribution in [0.3, 0.4) is 0 Å². The summed E-state index contributed by atoms with van der Waals surface area (Å²) in [6.07, 6.45) is 5.54. The molecule has 5 nitrogen and oxygen atoms in total. The van der Waals surface area contributed by atoms with E-state index in [9.17, 15) is 9.59 Å². The molecule has 2 saturated carbocycles. The van der Waals surface area contributed by atoms with E-state index in [-0.39, 0.29) is 30.3 Å². The van der Waals surface area contributed by atoms with Gasteiger partial charge in [0.1, 0.15) is 0 Å². The van der Waals surface area contributed by atoms with Crippen molar-refractivity contribution >= 4 is 17.6 Å². The van der Waals surface area contributed by atoms with Crippen LogP contribution >= 0.6 is 0 Å². The van der Waals surface area contributed by atoms with E-state index >= 15 is 0 Å². The number of hydrogen-bond acceptors (Lipinski definition) is 4. The highest BCUT2D eigenvalue weighted by atomic mass is 16.5. The van der Waals surface area contributed by atoms with E-state index in [2.05, 4.69) is 10.1 Å². The van der Waals surface area contributed by atoms with E-state index in [0.29, 0.717) is 11.8 Å². The fourth-order valence-electron chi connectivity index (χ4n) is 4.25. The van der Waals surface area contributed by atoms with E-state index in [1.807, 2.05) is 24.3 Å². The Hall–Kier alpha value is -1.88. The summed E-state index contributed by atoms with van der Waals surface area (Å²) in [5.41, 5.74) is 7.88. The molecule has 2 aliphatic rings. The first-order chi connectivity index (χ1) is 11.6. The summed E-state index contributed by atoms with van der Waals surface area (Å²) in [7, 11) is 1.37. The average Bonchev–Trinajstić information content (AvgIpc) is 2.54. The van der Waals surface area contributed by atoms with Crippen molar-refractivity contribution in [2.24, 2.45) is 23.5 Å². The number of nitrogens with one attached hydrogen (secondary N) is 1. The van der Waals surface area contributed by atoms with Gasteiger partial charge in [-0.1, -0.05) is 18.6 Å². The van der Waals surface area contributed by atoms with Crippen molar-refractivity contribution in [2.75, 3.05) is 12.4 Å². The van der Waals surface area contributed by atoms with Gasteiger partial charge in [-0.25, -0.2) is 0 Å². The number of benzene rings is 1. The zero-order chi connectivity index (χ0) is 17.1. The van der Waals surface area contributed by atoms with Crippen LogP contribution in [0.4, 0.5) is 5.69 Å². The maximum absolute atomic E-state index is 12.7. The summed E-state index contributed by atoms with van der Waals surface area (Å²) >= 11 is 0. The second kappa shape index (κ2) is 7.34. The van der Waals surface area contributed by atoms with Crippen molar-refractivity contribution in [3.05, 3.63) is 29.8 Å². The minimum absolute atomic E-state index is 0.0457. The predicted molar refractivity (Wildman–Crippen MR) is 92.3 cm³/mol. The van der Waals surface area contributed by atoms with Gasteiger partial charge in [-0.3, -0.25) is 9.59 Å². The summed E-state index contributed by atoms with van der Waals surface area (Å²) in [5.74, 6) is 0.809. The quantitative estimate of drug-likeness (QED) is 0.831. The van der Waals surface area contributed by atoms with Crippen molar-refractivity contribution in [1.29, 1.82) is 0 Å². The third kappa shape index (κ3) is 3.78. The minimum atomic E-state index is -0.285. The Morgan fingerprint density at radius 1 is 1.25 bits per heavy atom. The Bertz CT molecular complexity index is 602. The molecule has 2 unspecified atom stereocenters. The number of nitrogens with two attached hydrogens (primary N) is 1. The number of carbonyl (C=O) groups is 2. The molecule has 5 heteroatoms. The molecule has 130 valence electrons. The van der Waals surface area contributed by atoms with Crippen molar-refractivity contribution < 1.29 is 14.3 Å². The first kappa shape index (κ1) is 17.0. The molecular formula is C19H26N2O3. The lowest BCUT2D eigenvalue weighted by molar-refractivity contribution is -0.139. The standard InChI is InChI=1S/C19H26N2O3/c1-24-17(22)9-12-4-2-7-16(8-12)21-19(23)15-10-13-5-3-6-14(11-15)18(13)20/h2,4,7-8,13-15,18H,3,5-6,9-11,20H2,1H3,(H,21,23). The van der Waals surface area contributed by atoms with Gasteiger partial charge in [0.05, 0.1) is 13.5 Å². The summed E-state index contributed by atoms with van der Waals surface area (Å²) in [6.45, 7) is 0. The Morgan fingerprint density at radius 2 is 1.96 bits per heavy atom. The second-order valence-corrected chi connectivity index (χ2v) is 7.14. The maximum atomic E-state index is 12.7. The highest BCUT2D eigenvalue weighted by molar-refractivity contribution is 5.92. The summed E-state index contributed by atoms with van der Waals surface area (Å²) in [5, 5.41) is 3.02. The van der Waals surface area contributed by atoms with Crippen LogP contribution < -0.4 is 11.1 Å². The molecule has 0 aromatic heterocycles. The SMILES string of the molecule is COC(=O)Cc1cccc(NC(=O)C2CC3CCCC(C2)C3N)c1. The molecule has 2 bridgehead atoms. The molecule has 0 radical (unpaired) electrons. The number of carbonyl (C=O) groups excluding carboxylic acids is 2. The van der Waals surface area contributed by atoms with Gasteiger partial charge in [0.2, 0.25) is 5.91 Å². The van der Waals surface area contributed by atoms with E-state index in [1.54, 1.807) is 0 Å². The summed E-state index contributed by atoms with van der Waals surface area (Å²) in [4.78, 5) is 24.0. The molecule has 1 amide bonds. The van der Waals surface area contributed by atoms with Gasteiger partial charge in [0.25, 0.3) is 0 Å². The zero-order valence-electron chi connectivity index (χ0n) is 14.2. The molecule has 1 aromatic carbocycles. The van der Waals surface area contributed by atoms with E-state index in [0.717, 1.165) is 36.9 Å². The molecule has 3 N–H and O–H groups in total. The van der Waals surface area contributed by atoms with Gasteiger partial charge in [-0.15, -0.1) is 0 Å². The third-order valence-electron chi connectivity index (χ3n) is 5.55. The van der Waals surface area contributed by atoms with Gasteiger partial charge in [0, 0.05) is 17.6 Å². The molecule has 2 aliphatic carbocycles. The molecule has 1 aromatic rings. The van der Waals surface area contributed by atoms with Gasteiger partial charge in [-0.2, -0.15) is 0 Å². The van der Waals surface area contributed by atoms with Gasteiger partial charge in [0.15, 0.2) is 0 Å². The molecule has 24 heavy (non-hydrogen) atoms. The van der Waals surface area contributed by atoms with Crippen molar-refractivity contribution in [1.82, 2.24) is 0 Å². The molecular weight excluding hydrogens is 304 g/mol. The second-order valence-electron chi connectivity index (χ2n) is 7.14. The van der Waals surface area contributed by atoms with Crippen LogP contribution in [-0.2, 0) is 20.7 Å². The lowest BCUT2D eigenvalue weighted by Crippen LogP contribution is -2.48. The smallest absolute Gasteiger partial charge is 0.309 e. The number of rotatable bonds is 4. The van der Waals surface area contributed by atoms with Gasteiger partial charge < -0.3 is 15.8 Å². The molecule has 3 rings (SSSR count). The van der Waals surface area contributed by atoms with E-state index < -0.39 is 0 Å². The number of fused-ring (bicyclic) bond motifs is 2. The van der Waals surface area contributed by atoms with Crippen molar-refractivity contribution in [3.63, 3.8) is 0 Å². The molecule has 0 aliphatic heterocycles. The van der Waals surface area contributed by atoms with Crippen LogP contribution in [-0.4, -0.2) is 25.0 Å². The highest BCUT2D eigenvalue weighted by Crippen LogP contribution is 2.42. The molecule has 0 spiro atoms. The van der Waals surface area contributed by atoms with Crippen LogP contribution in [0, 0.1) is 17.8 Å². The zero-order valence-corrected chi connectivity index (χ0v) is 14.2. The van der Waals surface area contributed by atoms with Gasteiger partial charge >= 0.3 is 5.97 Å². The monoisotopic (exact) mass is 330 g/mol. The lowest BCUT2D eigenvalue weighted by Gasteiger charge is -2.43. The van der Waals surface area contributed by atoms with Crippen molar-refractivity contribution in [2.45, 2.75) is 44.6 Å². The fourth-order valence-corrected chi connectivity index (χ4v) is 4.25. The van der Waals surface area contributed by atoms with Crippen LogP contribution in [0.2, 0.25) is 0 Å². The molecule has 2 fully saturated rings. The van der Waals surface area contributed by atoms with Crippen molar-refractivity contribution in [3.8, 4) is 0 Å². The highest BCUT2D eigenvalue weighted by Gasteiger charge is 2.40. The Labute approximate surface area is 142 Å². The number of amides is 1. The Morgan fingerprint density at radius 3 is 2.62 bits per heavy atom. The molecule has 2 atom stereocenters. The third-order valence-corrected chi connectivity index (χ3v) is 5.55. The number of methoxy groups -OCH3 is 1. The Balaban J connectivity index is 1.63. The normalized spacial score (nSPS) is 28.9. The van der Waals surface area contributed by atoms with E-state index in [1.165, 1.54) is 13.5 Å². The van der Waals surface area contributed by atoms with Crippen LogP contribution in [0.5, 0.6) is 0 Å². The minimum Gasteiger partial charge on any atom is -0.469 e. The van der Waals surface area contributed by atoms with E-state index in [4.69, 9.17) is 5.73 Å². The first-order valence-electron chi connectivity index (χ1n) is 8.79. The van der Waals surface area contributed by atoms with Crippen LogP contribution in [0.15, 0.2) is 24.3 Å². The first-order valence-corrected chi connectivity index (χ1v) is 8.79. The summed E-state index contributed by atoms with van der Waals surface area (Å²) in [6, 6.07) is 7.67. The lowest BCUT2D eigenvalue weighted by atomic mass is 9.65. The maximum Gasteiger partial charge on any atom is 0.309 e. The average molecular weight is 330 g/mol. The number of ether oxygens (including phenoxy) is 1. The summed E-state index contributed by atoms with van der Waals surface area (Å²) < 4.78 is 4.68. The number of anilines is 1. The number of hydrogen-bond donors (Lipinski definition) is 2. The fraction of sp³-hybridized carbons (Fsp3) is 0.579. The Kier molecular flexibility index (Phi) is 5.19. The molecule has 0 saturated heterocycles. The largest absolute Gasteiger partial charge is 0.469 e. The topological polar surface area (TPSA) is 81.4 Å². The van der Waals surface area contributed by atoms with Crippen LogP contribution in [0.1, 0.15) is 37.7 Å². The number of esters is 1. The molecule has 0 heterocycles. The van der Waals surface area contributed by atoms with Gasteiger partial charge in [-0.05, 0) is 55.2 Å². The van der Waals surface area contributed by atoms with Crippen LogP contribution in [0.25, 0.3) is 0 Å². The predicted octanol–water partition coefficient (Wildman–Crippen LogP) is 2.49.